The molecule has 8 heteroatoms. The van der Waals surface area contributed by atoms with E-state index in [1.165, 1.54) is 0 Å². The molecule has 0 aromatic heterocycles. The van der Waals surface area contributed by atoms with E-state index < -0.39 is 0 Å². The molecule has 34 heavy (non-hydrogen) atoms. The van der Waals surface area contributed by atoms with Crippen molar-refractivity contribution < 1.29 is 9.59 Å². The minimum atomic E-state index is -0.245. The molecule has 0 radical (unpaired) electrons. The minimum Gasteiger partial charge on any atom is -0.356 e. The van der Waals surface area contributed by atoms with Gasteiger partial charge in [-0.2, -0.15) is 4.99 Å². The first kappa shape index (κ1) is 22.4. The second kappa shape index (κ2) is 9.85. The maximum atomic E-state index is 13.0. The Morgan fingerprint density at radius 1 is 0.971 bits per heavy atom. The number of nitrogens with zero attached hydrogens (tertiary/aromatic N) is 3. The van der Waals surface area contributed by atoms with Crippen molar-refractivity contribution >= 4 is 29.1 Å². The lowest BCUT2D eigenvalue weighted by atomic mass is 10.0. The molecule has 178 valence electrons. The van der Waals surface area contributed by atoms with Gasteiger partial charge in [-0.1, -0.05) is 6.07 Å². The maximum Gasteiger partial charge on any atom is 0.280 e. The number of anilines is 2. The average molecular weight is 461 g/mol. The van der Waals surface area contributed by atoms with Crippen molar-refractivity contribution in [1.29, 1.82) is 0 Å². The predicted molar refractivity (Wildman–Crippen MR) is 134 cm³/mol. The van der Waals surface area contributed by atoms with Gasteiger partial charge in [-0.15, -0.1) is 0 Å². The van der Waals surface area contributed by atoms with Crippen LogP contribution in [0.15, 0.2) is 47.5 Å². The van der Waals surface area contributed by atoms with Crippen LogP contribution in [0, 0.1) is 0 Å². The summed E-state index contributed by atoms with van der Waals surface area (Å²) < 4.78 is 0. The van der Waals surface area contributed by atoms with Gasteiger partial charge in [-0.25, -0.2) is 0 Å². The van der Waals surface area contributed by atoms with Crippen molar-refractivity contribution in [2.75, 3.05) is 51.6 Å². The molecule has 3 fully saturated rings. The van der Waals surface area contributed by atoms with Gasteiger partial charge in [0.2, 0.25) is 0 Å². The van der Waals surface area contributed by atoms with E-state index in [2.05, 4.69) is 32.9 Å². The Labute approximate surface area is 200 Å². The highest BCUT2D eigenvalue weighted by Crippen LogP contribution is 2.44. The van der Waals surface area contributed by atoms with Gasteiger partial charge < -0.3 is 25.8 Å². The molecule has 5 rings (SSSR count). The summed E-state index contributed by atoms with van der Waals surface area (Å²) in [5.41, 5.74) is 4.26. The number of carbonyl (C=O) groups is 2. The predicted octanol–water partition coefficient (Wildman–Crippen LogP) is 2.77. The van der Waals surface area contributed by atoms with E-state index in [-0.39, 0.29) is 11.8 Å². The van der Waals surface area contributed by atoms with Gasteiger partial charge in [0.25, 0.3) is 11.8 Å². The normalized spacial score (nSPS) is 18.6. The van der Waals surface area contributed by atoms with Crippen molar-refractivity contribution in [2.45, 2.75) is 25.2 Å². The van der Waals surface area contributed by atoms with Crippen LogP contribution in [-0.2, 0) is 0 Å². The van der Waals surface area contributed by atoms with Gasteiger partial charge in [0.05, 0.1) is 0 Å². The SMILES string of the molecule is CN1CCN(C(=O)c2cccc(Nc3ccc(C(=O)N=C4NCCCN4)cc3C3CC3)c2)CC1. The molecule has 2 aliphatic heterocycles. The molecule has 0 bridgehead atoms. The fourth-order valence-electron chi connectivity index (χ4n) is 4.43. The summed E-state index contributed by atoms with van der Waals surface area (Å²) in [6, 6.07) is 13.4. The zero-order valence-corrected chi connectivity index (χ0v) is 19.6. The van der Waals surface area contributed by atoms with Crippen LogP contribution in [0.5, 0.6) is 0 Å². The van der Waals surface area contributed by atoms with E-state index in [9.17, 15) is 9.59 Å². The van der Waals surface area contributed by atoms with Gasteiger partial charge in [0.1, 0.15) is 0 Å². The summed E-state index contributed by atoms with van der Waals surface area (Å²) in [4.78, 5) is 34.1. The average Bonchev–Trinajstić information content (AvgIpc) is 3.71. The zero-order valence-electron chi connectivity index (χ0n) is 19.6. The Balaban J connectivity index is 1.33. The van der Waals surface area contributed by atoms with Crippen molar-refractivity contribution in [3.05, 3.63) is 59.2 Å². The van der Waals surface area contributed by atoms with Gasteiger partial charge in [0.15, 0.2) is 5.96 Å². The van der Waals surface area contributed by atoms with E-state index in [0.29, 0.717) is 23.0 Å². The maximum absolute atomic E-state index is 13.0. The summed E-state index contributed by atoms with van der Waals surface area (Å²) in [6.45, 7) is 4.96. The Morgan fingerprint density at radius 2 is 1.74 bits per heavy atom. The molecule has 0 spiro atoms. The third kappa shape index (κ3) is 5.22. The first-order valence-corrected chi connectivity index (χ1v) is 12.2. The van der Waals surface area contributed by atoms with Crippen molar-refractivity contribution in [2.24, 2.45) is 4.99 Å². The minimum absolute atomic E-state index is 0.0733. The van der Waals surface area contributed by atoms with Crippen LogP contribution in [0.2, 0.25) is 0 Å². The van der Waals surface area contributed by atoms with Gasteiger partial charge >= 0.3 is 0 Å². The fraction of sp³-hybridized carbons (Fsp3) is 0.423. The fourth-order valence-corrected chi connectivity index (χ4v) is 4.43. The van der Waals surface area contributed by atoms with Crippen LogP contribution < -0.4 is 16.0 Å². The smallest absolute Gasteiger partial charge is 0.280 e. The summed E-state index contributed by atoms with van der Waals surface area (Å²) in [5, 5.41) is 9.75. The monoisotopic (exact) mass is 460 g/mol. The first-order valence-electron chi connectivity index (χ1n) is 12.2. The number of rotatable bonds is 5. The number of aliphatic imine (C=N–C) groups is 1. The van der Waals surface area contributed by atoms with Crippen LogP contribution >= 0.6 is 0 Å². The van der Waals surface area contributed by atoms with Crippen LogP contribution in [0.3, 0.4) is 0 Å². The number of amides is 2. The summed E-state index contributed by atoms with van der Waals surface area (Å²) >= 11 is 0. The molecule has 3 N–H and O–H groups in total. The number of benzene rings is 2. The third-order valence-electron chi connectivity index (χ3n) is 6.65. The second-order valence-electron chi connectivity index (χ2n) is 9.35. The quantitative estimate of drug-likeness (QED) is 0.636. The van der Waals surface area contributed by atoms with E-state index in [1.807, 2.05) is 47.4 Å². The van der Waals surface area contributed by atoms with Crippen molar-refractivity contribution in [1.82, 2.24) is 20.4 Å². The summed E-state index contributed by atoms with van der Waals surface area (Å²) in [5.74, 6) is 0.825. The van der Waals surface area contributed by atoms with E-state index >= 15 is 0 Å². The Hall–Kier alpha value is -3.39. The number of nitrogens with one attached hydrogen (secondary N) is 3. The lowest BCUT2D eigenvalue weighted by molar-refractivity contribution is 0.0664. The molecule has 1 aliphatic carbocycles. The molecule has 2 saturated heterocycles. The lowest BCUT2D eigenvalue weighted by Crippen LogP contribution is -2.47. The molecule has 2 aromatic rings. The van der Waals surface area contributed by atoms with Gasteiger partial charge in [-0.05, 0) is 74.2 Å². The summed E-state index contributed by atoms with van der Waals surface area (Å²) in [7, 11) is 2.08. The van der Waals surface area contributed by atoms with Crippen LogP contribution in [0.4, 0.5) is 11.4 Å². The number of guanidine groups is 1. The third-order valence-corrected chi connectivity index (χ3v) is 6.65. The number of likely N-dealkylation sites (N-methyl/N-ethyl adjacent to an activating group) is 1. The molecular formula is C26H32N6O2. The number of hydrogen-bond acceptors (Lipinski definition) is 4. The zero-order chi connectivity index (χ0) is 23.5. The molecule has 0 unspecified atom stereocenters. The molecule has 1 saturated carbocycles. The van der Waals surface area contributed by atoms with Gasteiger partial charge in [0, 0.05) is 61.8 Å². The summed E-state index contributed by atoms with van der Waals surface area (Å²) in [6.07, 6.45) is 3.25. The Bertz CT molecular complexity index is 1090. The second-order valence-corrected chi connectivity index (χ2v) is 9.35. The van der Waals surface area contributed by atoms with Gasteiger partial charge in [-0.3, -0.25) is 9.59 Å². The first-order chi connectivity index (χ1) is 16.6. The molecule has 3 aliphatic rings. The molecule has 0 atom stereocenters. The van der Waals surface area contributed by atoms with Crippen molar-refractivity contribution in [3.63, 3.8) is 0 Å². The van der Waals surface area contributed by atoms with Crippen LogP contribution in [-0.4, -0.2) is 73.9 Å². The highest BCUT2D eigenvalue weighted by Gasteiger charge is 2.27. The molecule has 2 aromatic carbocycles. The van der Waals surface area contributed by atoms with E-state index in [1.54, 1.807) is 0 Å². The molecule has 8 nitrogen and oxygen atoms in total. The lowest BCUT2D eigenvalue weighted by Gasteiger charge is -2.32. The standard InChI is InChI=1S/C26H32N6O2/c1-31-12-14-32(15-13-31)25(34)20-4-2-5-21(16-20)29-23-9-8-19(17-22(23)18-6-7-18)24(33)30-26-27-10-3-11-28-26/h2,4-5,8-9,16-18,29H,3,6-7,10-15H2,1H3,(H2,27,28,30,33). The highest BCUT2D eigenvalue weighted by molar-refractivity contribution is 6.03. The van der Waals surface area contributed by atoms with Crippen LogP contribution in [0.1, 0.15) is 51.5 Å². The Kier molecular flexibility index (Phi) is 6.49. The van der Waals surface area contributed by atoms with E-state index in [4.69, 9.17) is 0 Å². The number of hydrogen-bond donors (Lipinski definition) is 3. The number of carbonyl (C=O) groups excluding carboxylic acids is 2. The Morgan fingerprint density at radius 3 is 2.47 bits per heavy atom. The van der Waals surface area contributed by atoms with E-state index in [0.717, 1.165) is 75.5 Å². The van der Waals surface area contributed by atoms with Crippen LogP contribution in [0.25, 0.3) is 0 Å². The topological polar surface area (TPSA) is 89.1 Å². The molecule has 2 amide bonds. The largest absolute Gasteiger partial charge is 0.356 e. The highest BCUT2D eigenvalue weighted by atomic mass is 16.2. The van der Waals surface area contributed by atoms with Crippen molar-refractivity contribution in [3.8, 4) is 0 Å². The number of piperazine rings is 1. The molecular weight excluding hydrogens is 428 g/mol. The molecule has 2 heterocycles.